The van der Waals surface area contributed by atoms with Crippen molar-refractivity contribution in [3.8, 4) is 5.75 Å². The van der Waals surface area contributed by atoms with Gasteiger partial charge in [-0.15, -0.1) is 11.8 Å². The molecule has 5 aliphatic rings. The number of fused-ring (bicyclic) bond motifs is 9. The van der Waals surface area contributed by atoms with E-state index in [2.05, 4.69) is 4.98 Å². The Balaban J connectivity index is 1.15. The summed E-state index contributed by atoms with van der Waals surface area (Å²) in [6.45, 7) is 1.45. The number of anilines is 1. The van der Waals surface area contributed by atoms with Crippen molar-refractivity contribution in [3.05, 3.63) is 74.5 Å². The number of nitrogens with zero attached hydrogens (tertiary/aromatic N) is 2. The number of H-pyrrole nitrogens is 1. The summed E-state index contributed by atoms with van der Waals surface area (Å²) in [5.41, 5.74) is 1.30. The predicted octanol–water partition coefficient (Wildman–Crippen LogP) is 4.64. The van der Waals surface area contributed by atoms with Crippen molar-refractivity contribution in [2.75, 3.05) is 24.6 Å². The molecule has 3 aromatic rings. The lowest BCUT2D eigenvalue weighted by Gasteiger charge is -2.43. The Morgan fingerprint density at radius 3 is 2.44 bits per heavy atom. The number of thiazole rings is 1. The lowest BCUT2D eigenvalue weighted by atomic mass is 9.68. The molecule has 1 aromatic heterocycles. The Morgan fingerprint density at radius 2 is 1.67 bits per heavy atom. The lowest BCUT2D eigenvalue weighted by molar-refractivity contribution is -0.134. The maximum Gasteiger partial charge on any atom is 0.305 e. The van der Waals surface area contributed by atoms with Gasteiger partial charge in [-0.05, 0) is 73.8 Å². The number of aromatic nitrogens is 1. The highest BCUT2D eigenvalue weighted by Crippen LogP contribution is 2.69. The quantitative estimate of drug-likeness (QED) is 0.418. The van der Waals surface area contributed by atoms with Crippen molar-refractivity contribution >= 4 is 46.5 Å². The van der Waals surface area contributed by atoms with Gasteiger partial charge in [0.1, 0.15) is 11.6 Å². The Morgan fingerprint density at radius 1 is 0.953 bits per heavy atom. The highest BCUT2D eigenvalue weighted by Gasteiger charge is 2.69. The van der Waals surface area contributed by atoms with Crippen LogP contribution in [-0.2, 0) is 14.4 Å². The molecule has 2 saturated carbocycles. The fourth-order valence-corrected chi connectivity index (χ4v) is 11.3. The smallest absolute Gasteiger partial charge is 0.305 e. The summed E-state index contributed by atoms with van der Waals surface area (Å²) in [5.74, 6) is -1.48. The topological polar surface area (TPSA) is 99.8 Å². The molecule has 4 heterocycles. The highest BCUT2D eigenvalue weighted by molar-refractivity contribution is 8.00. The van der Waals surface area contributed by atoms with Crippen LogP contribution in [0.1, 0.15) is 42.0 Å². The SMILES string of the molecule is O=C(COc1ccccc1[C@H]1c2sc(=O)[nH]c2SC2C1[C@H]1C[C@@H]2C2C(=O)N(c3ccc(F)cc3)C(=O)C21)N1CCCCC1. The number of hydrogen-bond acceptors (Lipinski definition) is 7. The third-order valence-electron chi connectivity index (χ3n) is 10.1. The van der Waals surface area contributed by atoms with Gasteiger partial charge in [-0.2, -0.15) is 0 Å². The van der Waals surface area contributed by atoms with Crippen molar-refractivity contribution in [1.82, 2.24) is 9.88 Å². The molecule has 7 atom stereocenters. The van der Waals surface area contributed by atoms with Crippen molar-refractivity contribution in [2.24, 2.45) is 29.6 Å². The molecule has 222 valence electrons. The number of thioether (sulfide) groups is 1. The Kier molecular flexibility index (Phi) is 6.52. The van der Waals surface area contributed by atoms with Gasteiger partial charge in [0, 0.05) is 34.7 Å². The van der Waals surface area contributed by atoms with Crippen molar-refractivity contribution in [2.45, 2.75) is 41.9 Å². The van der Waals surface area contributed by atoms with E-state index in [-0.39, 0.29) is 58.1 Å². The fourth-order valence-electron chi connectivity index (χ4n) is 8.45. The number of benzene rings is 2. The molecule has 43 heavy (non-hydrogen) atoms. The average molecular weight is 620 g/mol. The number of halogens is 1. The summed E-state index contributed by atoms with van der Waals surface area (Å²) in [5, 5.41) is 0.846. The van der Waals surface area contributed by atoms with Gasteiger partial charge < -0.3 is 14.6 Å². The van der Waals surface area contributed by atoms with E-state index in [9.17, 15) is 23.6 Å². The monoisotopic (exact) mass is 619 g/mol. The number of rotatable bonds is 5. The number of para-hydroxylation sites is 1. The molecule has 2 bridgehead atoms. The van der Waals surface area contributed by atoms with Crippen molar-refractivity contribution < 1.29 is 23.5 Å². The van der Waals surface area contributed by atoms with E-state index in [1.807, 2.05) is 29.2 Å². The molecule has 1 N–H and O–H groups in total. The van der Waals surface area contributed by atoms with Crippen LogP contribution in [0.4, 0.5) is 10.1 Å². The number of aromatic amines is 1. The number of carbonyl (C=O) groups excluding carboxylic acids is 3. The first-order chi connectivity index (χ1) is 20.9. The van der Waals surface area contributed by atoms with Gasteiger partial charge in [-0.3, -0.25) is 24.1 Å². The molecule has 0 radical (unpaired) electrons. The normalized spacial score (nSPS) is 30.8. The van der Waals surface area contributed by atoms with Gasteiger partial charge >= 0.3 is 4.87 Å². The number of nitrogens with one attached hydrogen (secondary N) is 1. The minimum absolute atomic E-state index is 0.00247. The summed E-state index contributed by atoms with van der Waals surface area (Å²) < 4.78 is 19.9. The van der Waals surface area contributed by atoms with Gasteiger partial charge in [-0.25, -0.2) is 4.39 Å². The average Bonchev–Trinajstić information content (AvgIpc) is 3.76. The second-order valence-electron chi connectivity index (χ2n) is 12.2. The molecular formula is C32H30FN3O5S2. The van der Waals surface area contributed by atoms with E-state index in [1.54, 1.807) is 11.8 Å². The number of imide groups is 1. The van der Waals surface area contributed by atoms with E-state index in [4.69, 9.17) is 4.74 Å². The van der Waals surface area contributed by atoms with Crippen LogP contribution in [0, 0.1) is 35.4 Å². The van der Waals surface area contributed by atoms with Gasteiger partial charge in [0.25, 0.3) is 5.91 Å². The molecule has 3 aliphatic heterocycles. The first-order valence-corrected chi connectivity index (χ1v) is 16.6. The Labute approximate surface area is 255 Å². The number of likely N-dealkylation sites (tertiary alicyclic amines) is 1. The first-order valence-electron chi connectivity index (χ1n) is 14.9. The summed E-state index contributed by atoms with van der Waals surface area (Å²) in [4.78, 5) is 60.2. The minimum Gasteiger partial charge on any atom is -0.483 e. The zero-order valence-electron chi connectivity index (χ0n) is 23.2. The van der Waals surface area contributed by atoms with Crippen LogP contribution in [0.5, 0.6) is 5.75 Å². The molecule has 11 heteroatoms. The Hall–Kier alpha value is -3.44. The number of hydrogen-bond donors (Lipinski definition) is 1. The summed E-state index contributed by atoms with van der Waals surface area (Å²) in [6.07, 6.45) is 3.91. The molecule has 4 fully saturated rings. The van der Waals surface area contributed by atoms with E-state index >= 15 is 0 Å². The molecule has 3 amide bonds. The maximum absolute atomic E-state index is 13.9. The van der Waals surface area contributed by atoms with Crippen LogP contribution < -0.4 is 14.5 Å². The number of ether oxygens (including phenoxy) is 1. The molecule has 8 rings (SSSR count). The number of amides is 3. The molecule has 4 unspecified atom stereocenters. The number of carbonyl (C=O) groups is 3. The first kappa shape index (κ1) is 27.1. The third-order valence-corrected chi connectivity index (χ3v) is 12.7. The zero-order chi connectivity index (χ0) is 29.4. The van der Waals surface area contributed by atoms with E-state index in [0.717, 1.165) is 54.2 Å². The second-order valence-corrected chi connectivity index (χ2v) is 14.4. The van der Waals surface area contributed by atoms with E-state index in [0.29, 0.717) is 11.4 Å². The molecule has 0 spiro atoms. The molecule has 8 nitrogen and oxygen atoms in total. The second kappa shape index (κ2) is 10.3. The van der Waals surface area contributed by atoms with Crippen LogP contribution in [0.3, 0.4) is 0 Å². The van der Waals surface area contributed by atoms with Crippen LogP contribution in [0.25, 0.3) is 0 Å². The standard InChI is InChI=1S/C32H30FN3O5S2/c33-16-8-10-17(11-9-16)36-30(38)25-19-14-20(26(25)31(36)39)27-24(19)23(28-29(42-27)34-32(40)43-28)18-6-2-3-7-21(18)41-15-22(37)35-12-4-1-5-13-35/h2-3,6-11,19-20,23-27H,1,4-5,12-15H2,(H,34,40)/t19-,20-,23-,24?,25?,26?,27?/m1/s1. The summed E-state index contributed by atoms with van der Waals surface area (Å²) in [7, 11) is 0. The lowest BCUT2D eigenvalue weighted by Crippen LogP contribution is -2.43. The van der Waals surface area contributed by atoms with Crippen LogP contribution in [0.15, 0.2) is 58.4 Å². The van der Waals surface area contributed by atoms with E-state index in [1.165, 1.54) is 40.5 Å². The Bertz CT molecular complexity index is 1680. The third kappa shape index (κ3) is 4.22. The van der Waals surface area contributed by atoms with Crippen molar-refractivity contribution in [1.29, 1.82) is 0 Å². The van der Waals surface area contributed by atoms with Gasteiger partial charge in [-0.1, -0.05) is 29.5 Å². The van der Waals surface area contributed by atoms with Crippen LogP contribution in [-0.4, -0.2) is 52.6 Å². The molecule has 2 saturated heterocycles. The molecular weight excluding hydrogens is 590 g/mol. The summed E-state index contributed by atoms with van der Waals surface area (Å²) in [6, 6.07) is 13.2. The zero-order valence-corrected chi connectivity index (χ0v) is 24.9. The highest BCUT2D eigenvalue weighted by atomic mass is 32.2. The van der Waals surface area contributed by atoms with Gasteiger partial charge in [0.15, 0.2) is 6.61 Å². The van der Waals surface area contributed by atoms with Crippen LogP contribution in [0.2, 0.25) is 0 Å². The summed E-state index contributed by atoms with van der Waals surface area (Å²) >= 11 is 2.82. The van der Waals surface area contributed by atoms with Gasteiger partial charge in [0.05, 0.1) is 22.5 Å². The number of piperidine rings is 1. The minimum atomic E-state index is -0.460. The van der Waals surface area contributed by atoms with E-state index < -0.39 is 17.7 Å². The van der Waals surface area contributed by atoms with Gasteiger partial charge in [0.2, 0.25) is 11.8 Å². The molecule has 2 aliphatic carbocycles. The maximum atomic E-state index is 13.9. The van der Waals surface area contributed by atoms with Crippen LogP contribution >= 0.6 is 23.1 Å². The largest absolute Gasteiger partial charge is 0.483 e. The fraction of sp³-hybridized carbons (Fsp3) is 0.438. The van der Waals surface area contributed by atoms with Crippen molar-refractivity contribution in [3.63, 3.8) is 0 Å². The predicted molar refractivity (Wildman–Crippen MR) is 160 cm³/mol. The molecule has 2 aromatic carbocycles.